The van der Waals surface area contributed by atoms with Gasteiger partial charge < -0.3 is 4.42 Å². The Kier molecular flexibility index (Phi) is 8.04. The van der Waals surface area contributed by atoms with Gasteiger partial charge in [-0.15, -0.1) is 0 Å². The Morgan fingerprint density at radius 1 is 0.652 bits per heavy atom. The van der Waals surface area contributed by atoms with Crippen LogP contribution in [0.15, 0.2) is 167 Å². The molecule has 46 heavy (non-hydrogen) atoms. The van der Waals surface area contributed by atoms with Crippen molar-refractivity contribution in [3.8, 4) is 11.1 Å². The molecule has 0 bridgehead atoms. The van der Waals surface area contributed by atoms with Gasteiger partial charge in [0.1, 0.15) is 11.0 Å². The number of fused-ring (bicyclic) bond motifs is 2. The Bertz CT molecular complexity index is 2370. The summed E-state index contributed by atoms with van der Waals surface area (Å²) in [5, 5.41) is 13.3. The smallest absolute Gasteiger partial charge is 0.152 e. The first kappa shape index (κ1) is 28.7. The average molecular weight is 593 g/mol. The number of aliphatic imine (C=N–C) groups is 1. The topological polar surface area (TPSA) is 49.4 Å². The van der Waals surface area contributed by atoms with Gasteiger partial charge in [0.15, 0.2) is 5.84 Å². The van der Waals surface area contributed by atoms with Crippen LogP contribution in [0.4, 0.5) is 0 Å². The number of amidine groups is 1. The summed E-state index contributed by atoms with van der Waals surface area (Å²) in [6, 6.07) is 49.4. The highest BCUT2D eigenvalue weighted by atomic mass is 16.3. The third-order valence-corrected chi connectivity index (χ3v) is 8.08. The minimum Gasteiger partial charge on any atom is -0.456 e. The normalized spacial score (nSPS) is 12.8. The van der Waals surface area contributed by atoms with Crippen LogP contribution in [0.5, 0.6) is 0 Å². The van der Waals surface area contributed by atoms with Gasteiger partial charge in [0.2, 0.25) is 0 Å². The third-order valence-electron chi connectivity index (χ3n) is 8.08. The molecule has 220 valence electrons. The first-order valence-corrected chi connectivity index (χ1v) is 15.4. The Morgan fingerprint density at radius 2 is 1.35 bits per heavy atom. The van der Waals surface area contributed by atoms with Crippen molar-refractivity contribution in [3.63, 3.8) is 0 Å². The number of furan rings is 1. The zero-order valence-corrected chi connectivity index (χ0v) is 25.5. The van der Waals surface area contributed by atoms with E-state index in [9.17, 15) is 0 Å². The molecular weight excluding hydrogens is 560 g/mol. The van der Waals surface area contributed by atoms with Crippen molar-refractivity contribution in [2.24, 2.45) is 4.99 Å². The van der Waals surface area contributed by atoms with Crippen molar-refractivity contribution in [3.05, 3.63) is 191 Å². The molecule has 0 saturated heterocycles. The molecule has 0 unspecified atom stereocenters. The molecule has 0 amide bonds. The zero-order chi connectivity index (χ0) is 31.3. The molecule has 3 heteroatoms. The molecule has 7 aromatic rings. The van der Waals surface area contributed by atoms with Gasteiger partial charge in [-0.3, -0.25) is 5.41 Å². The van der Waals surface area contributed by atoms with E-state index in [-0.39, 0.29) is 5.84 Å². The van der Waals surface area contributed by atoms with Gasteiger partial charge in [0.05, 0.1) is 5.71 Å². The highest BCUT2D eigenvalue weighted by Crippen LogP contribution is 2.30. The second-order valence-electron chi connectivity index (χ2n) is 11.1. The van der Waals surface area contributed by atoms with E-state index in [0.717, 1.165) is 55.1 Å². The lowest BCUT2D eigenvalue weighted by Gasteiger charge is -2.09. The van der Waals surface area contributed by atoms with Crippen molar-refractivity contribution >= 4 is 45.4 Å². The summed E-state index contributed by atoms with van der Waals surface area (Å²) >= 11 is 0. The van der Waals surface area contributed by atoms with Crippen LogP contribution in [0.3, 0.4) is 0 Å². The molecule has 0 aliphatic rings. The van der Waals surface area contributed by atoms with Crippen LogP contribution in [0.2, 0.25) is 0 Å². The summed E-state index contributed by atoms with van der Waals surface area (Å²) in [5.41, 5.74) is 8.40. The van der Waals surface area contributed by atoms with E-state index >= 15 is 0 Å². The van der Waals surface area contributed by atoms with Gasteiger partial charge in [-0.1, -0.05) is 140 Å². The SMILES string of the molecule is C\C=C/C=c1/oc2ccc(-c3cccc4ccccc34)cc2/c1=C\c1cccc(C(=NC(=N)c2ccccc2)c2ccccc2)c1. The van der Waals surface area contributed by atoms with Crippen molar-refractivity contribution in [1.82, 2.24) is 0 Å². The van der Waals surface area contributed by atoms with E-state index in [1.807, 2.05) is 91.9 Å². The largest absolute Gasteiger partial charge is 0.456 e. The molecule has 0 aliphatic heterocycles. The van der Waals surface area contributed by atoms with Crippen LogP contribution in [0.1, 0.15) is 29.2 Å². The van der Waals surface area contributed by atoms with E-state index in [1.54, 1.807) is 0 Å². The number of allylic oxidation sites excluding steroid dienone is 2. The minimum atomic E-state index is 0.221. The highest BCUT2D eigenvalue weighted by Gasteiger charge is 2.12. The monoisotopic (exact) mass is 592 g/mol. The van der Waals surface area contributed by atoms with E-state index in [2.05, 4.69) is 84.9 Å². The lowest BCUT2D eigenvalue weighted by atomic mass is 9.97. The second-order valence-corrected chi connectivity index (χ2v) is 11.1. The maximum absolute atomic E-state index is 8.78. The Balaban J connectivity index is 1.40. The average Bonchev–Trinajstić information content (AvgIpc) is 3.46. The number of rotatable bonds is 6. The second kappa shape index (κ2) is 12.9. The standard InChI is InChI=1S/C43H32N2O/c1-2-3-24-40-38(39-29-34(25-26-41(39)46-40)37-23-13-20-31-15-10-11-22-36(31)37)28-30-14-12-21-35(27-30)42(32-16-6-4-7-17-32)45-43(44)33-18-8-5-9-19-33/h2-29,44H,1H3/b3-2-,38-28+,40-24+,44-43?,45-42?. The molecular formula is C43H32N2O. The maximum atomic E-state index is 8.78. The number of nitrogens with one attached hydrogen (secondary N) is 1. The number of benzene rings is 6. The van der Waals surface area contributed by atoms with Gasteiger partial charge in [-0.2, -0.15) is 0 Å². The predicted octanol–water partition coefficient (Wildman–Crippen LogP) is 9.30. The Hall–Kier alpha value is -6.06. The molecule has 0 radical (unpaired) electrons. The van der Waals surface area contributed by atoms with Gasteiger partial charge in [0, 0.05) is 27.3 Å². The molecule has 0 saturated carbocycles. The number of hydrogen-bond donors (Lipinski definition) is 1. The van der Waals surface area contributed by atoms with Crippen molar-refractivity contribution in [1.29, 1.82) is 5.41 Å². The van der Waals surface area contributed by atoms with Gasteiger partial charge in [0.25, 0.3) is 0 Å². The van der Waals surface area contributed by atoms with Crippen molar-refractivity contribution in [2.75, 3.05) is 0 Å². The molecule has 0 fully saturated rings. The summed E-state index contributed by atoms with van der Waals surface area (Å²) < 4.78 is 6.41. The van der Waals surface area contributed by atoms with Crippen LogP contribution in [0.25, 0.3) is 45.0 Å². The summed E-state index contributed by atoms with van der Waals surface area (Å²) in [6.45, 7) is 2.00. The molecule has 6 aromatic carbocycles. The Labute approximate surface area is 268 Å². The van der Waals surface area contributed by atoms with Gasteiger partial charge in [-0.05, 0) is 64.7 Å². The fourth-order valence-corrected chi connectivity index (χ4v) is 5.84. The van der Waals surface area contributed by atoms with Gasteiger partial charge >= 0.3 is 0 Å². The Morgan fingerprint density at radius 3 is 2.15 bits per heavy atom. The summed E-state index contributed by atoms with van der Waals surface area (Å²) in [4.78, 5) is 4.86. The lowest BCUT2D eigenvalue weighted by Crippen LogP contribution is -2.20. The molecule has 3 nitrogen and oxygen atoms in total. The fourth-order valence-electron chi connectivity index (χ4n) is 5.84. The van der Waals surface area contributed by atoms with E-state index in [4.69, 9.17) is 14.8 Å². The quantitative estimate of drug-likeness (QED) is 0.152. The molecule has 1 N–H and O–H groups in total. The van der Waals surface area contributed by atoms with Crippen LogP contribution in [-0.2, 0) is 0 Å². The van der Waals surface area contributed by atoms with Crippen molar-refractivity contribution < 1.29 is 4.42 Å². The first-order chi connectivity index (χ1) is 22.7. The minimum absolute atomic E-state index is 0.221. The van der Waals surface area contributed by atoms with Crippen LogP contribution < -0.4 is 10.6 Å². The number of hydrogen-bond acceptors (Lipinski definition) is 2. The zero-order valence-electron chi connectivity index (χ0n) is 25.5. The third kappa shape index (κ3) is 5.87. The summed E-state index contributed by atoms with van der Waals surface area (Å²) in [6.07, 6.45) is 8.21. The van der Waals surface area contributed by atoms with Crippen LogP contribution >= 0.6 is 0 Å². The molecule has 0 atom stereocenters. The fraction of sp³-hybridized carbons (Fsp3) is 0.0233. The molecule has 0 spiro atoms. The highest BCUT2D eigenvalue weighted by molar-refractivity contribution is 6.19. The van der Waals surface area contributed by atoms with Crippen LogP contribution in [-0.4, -0.2) is 11.5 Å². The van der Waals surface area contributed by atoms with E-state index in [0.29, 0.717) is 0 Å². The van der Waals surface area contributed by atoms with E-state index < -0.39 is 0 Å². The number of nitrogens with zero attached hydrogens (tertiary/aromatic N) is 1. The molecule has 0 aliphatic carbocycles. The molecule has 7 rings (SSSR count). The maximum Gasteiger partial charge on any atom is 0.152 e. The predicted molar refractivity (Wildman–Crippen MR) is 193 cm³/mol. The lowest BCUT2D eigenvalue weighted by molar-refractivity contribution is 0.576. The summed E-state index contributed by atoms with van der Waals surface area (Å²) in [5.74, 6) is 0.221. The molecule has 1 heterocycles. The first-order valence-electron chi connectivity index (χ1n) is 15.4. The summed E-state index contributed by atoms with van der Waals surface area (Å²) in [7, 11) is 0. The van der Waals surface area contributed by atoms with Gasteiger partial charge in [-0.25, -0.2) is 4.99 Å². The van der Waals surface area contributed by atoms with Crippen LogP contribution in [0, 0.1) is 5.41 Å². The van der Waals surface area contributed by atoms with Crippen molar-refractivity contribution in [2.45, 2.75) is 6.92 Å². The van der Waals surface area contributed by atoms with E-state index in [1.165, 1.54) is 16.3 Å². The molecule has 1 aromatic heterocycles.